The molecule has 0 atom stereocenters. The first-order valence-corrected chi connectivity index (χ1v) is 7.60. The molecule has 0 radical (unpaired) electrons. The van der Waals surface area contributed by atoms with Gasteiger partial charge in [0.1, 0.15) is 0 Å². The number of nitrogens with zero attached hydrogens (tertiary/aromatic N) is 3. The Labute approximate surface area is 135 Å². The number of carbonyl (C=O) groups excluding carboxylic acids is 1. The Morgan fingerprint density at radius 2 is 2.05 bits per heavy atom. The van der Waals surface area contributed by atoms with Crippen LogP contribution in [0.3, 0.4) is 0 Å². The molecular formula is C15H14BrN3O3. The monoisotopic (exact) mass is 363 g/mol. The van der Waals surface area contributed by atoms with Crippen molar-refractivity contribution in [2.24, 2.45) is 7.05 Å². The molecule has 114 valence electrons. The summed E-state index contributed by atoms with van der Waals surface area (Å²) in [5.41, 5.74) is 2.20. The zero-order valence-corrected chi connectivity index (χ0v) is 13.5. The maximum absolute atomic E-state index is 12.6. The van der Waals surface area contributed by atoms with Crippen molar-refractivity contribution in [3.05, 3.63) is 51.3 Å². The lowest BCUT2D eigenvalue weighted by Crippen LogP contribution is -2.37. The second-order valence-electron chi connectivity index (χ2n) is 5.16. The molecule has 0 unspecified atom stereocenters. The fraction of sp³-hybridized carbons (Fsp3) is 0.267. The number of halogens is 1. The molecule has 0 saturated heterocycles. The second kappa shape index (κ2) is 5.57. The summed E-state index contributed by atoms with van der Waals surface area (Å²) in [6.07, 6.45) is 0.501. The van der Waals surface area contributed by atoms with Crippen molar-refractivity contribution in [2.45, 2.75) is 13.0 Å². The Hall–Kier alpha value is -2.15. The highest BCUT2D eigenvalue weighted by atomic mass is 79.9. The van der Waals surface area contributed by atoms with Crippen LogP contribution in [0.15, 0.2) is 28.7 Å². The molecular weight excluding hydrogens is 350 g/mol. The van der Waals surface area contributed by atoms with Crippen LogP contribution in [0.2, 0.25) is 0 Å². The van der Waals surface area contributed by atoms with Crippen LogP contribution in [0.4, 0.5) is 0 Å². The van der Waals surface area contributed by atoms with E-state index in [-0.39, 0.29) is 11.6 Å². The lowest BCUT2D eigenvalue weighted by molar-refractivity contribution is 0.0688. The van der Waals surface area contributed by atoms with Crippen molar-refractivity contribution in [2.75, 3.05) is 6.54 Å². The number of carbonyl (C=O) groups is 2. The Bertz CT molecular complexity index is 769. The van der Waals surface area contributed by atoms with E-state index in [4.69, 9.17) is 0 Å². The van der Waals surface area contributed by atoms with E-state index in [0.29, 0.717) is 25.1 Å². The molecule has 0 bridgehead atoms. The zero-order chi connectivity index (χ0) is 15.9. The van der Waals surface area contributed by atoms with Gasteiger partial charge >= 0.3 is 5.97 Å². The molecule has 6 nitrogen and oxygen atoms in total. The van der Waals surface area contributed by atoms with E-state index in [1.165, 1.54) is 0 Å². The van der Waals surface area contributed by atoms with E-state index < -0.39 is 5.97 Å². The maximum atomic E-state index is 12.6. The van der Waals surface area contributed by atoms with Crippen LogP contribution in [-0.4, -0.2) is 38.2 Å². The third-order valence-electron chi connectivity index (χ3n) is 3.84. The number of carboxylic acids is 1. The lowest BCUT2D eigenvalue weighted by atomic mass is 10.0. The van der Waals surface area contributed by atoms with Crippen LogP contribution in [-0.2, 0) is 20.0 Å². The predicted molar refractivity (Wildman–Crippen MR) is 82.8 cm³/mol. The molecule has 1 aromatic heterocycles. The topological polar surface area (TPSA) is 75.4 Å². The highest BCUT2D eigenvalue weighted by molar-refractivity contribution is 9.10. The molecule has 2 heterocycles. The first-order valence-electron chi connectivity index (χ1n) is 6.81. The first-order chi connectivity index (χ1) is 10.5. The van der Waals surface area contributed by atoms with Crippen LogP contribution in [0.1, 0.15) is 32.1 Å². The Kier molecular flexibility index (Phi) is 3.74. The van der Waals surface area contributed by atoms with E-state index >= 15 is 0 Å². The lowest BCUT2D eigenvalue weighted by Gasteiger charge is -2.28. The van der Waals surface area contributed by atoms with Gasteiger partial charge in [0.2, 0.25) is 0 Å². The number of carboxylic acid groups (broad SMARTS) is 1. The number of aromatic nitrogens is 2. The van der Waals surface area contributed by atoms with Crippen molar-refractivity contribution >= 4 is 27.8 Å². The number of hydrogen-bond donors (Lipinski definition) is 1. The molecule has 1 amide bonds. The standard InChI is InChI=1S/C15H14BrN3O3/c1-18-12-8-19(7-6-10(12)13(17-18)15(21)22)14(20)9-4-2-3-5-11(9)16/h2-5H,6-8H2,1H3,(H,21,22). The van der Waals surface area contributed by atoms with Crippen LogP contribution in [0, 0.1) is 0 Å². The summed E-state index contributed by atoms with van der Waals surface area (Å²) in [5, 5.41) is 13.2. The van der Waals surface area contributed by atoms with E-state index in [9.17, 15) is 14.7 Å². The third-order valence-corrected chi connectivity index (χ3v) is 4.53. The van der Waals surface area contributed by atoms with Crippen molar-refractivity contribution in [3.63, 3.8) is 0 Å². The fourth-order valence-electron chi connectivity index (χ4n) is 2.72. The summed E-state index contributed by atoms with van der Waals surface area (Å²) in [5.74, 6) is -1.10. The van der Waals surface area contributed by atoms with E-state index in [1.54, 1.807) is 22.7 Å². The molecule has 1 N–H and O–H groups in total. The molecule has 1 aromatic carbocycles. The number of aromatic carboxylic acids is 1. The van der Waals surface area contributed by atoms with Gasteiger partial charge in [0, 0.05) is 23.6 Å². The van der Waals surface area contributed by atoms with Crippen LogP contribution >= 0.6 is 15.9 Å². The summed E-state index contributed by atoms with van der Waals surface area (Å²) in [7, 11) is 1.71. The van der Waals surface area contributed by atoms with E-state index in [2.05, 4.69) is 21.0 Å². The van der Waals surface area contributed by atoms with E-state index in [0.717, 1.165) is 15.7 Å². The summed E-state index contributed by atoms with van der Waals surface area (Å²) in [6, 6.07) is 7.28. The minimum atomic E-state index is -1.03. The summed E-state index contributed by atoms with van der Waals surface area (Å²) in [4.78, 5) is 25.6. The van der Waals surface area contributed by atoms with Gasteiger partial charge in [-0.25, -0.2) is 4.79 Å². The molecule has 0 spiro atoms. The number of rotatable bonds is 2. The summed E-state index contributed by atoms with van der Waals surface area (Å²) < 4.78 is 2.31. The molecule has 3 rings (SSSR count). The van der Waals surface area contributed by atoms with Crippen molar-refractivity contribution in [3.8, 4) is 0 Å². The number of benzene rings is 1. The smallest absolute Gasteiger partial charge is 0.356 e. The molecule has 1 aliphatic rings. The SMILES string of the molecule is Cn1nc(C(=O)O)c2c1CN(C(=O)c1ccccc1Br)CC2. The van der Waals surface area contributed by atoms with E-state index in [1.807, 2.05) is 18.2 Å². The average molecular weight is 364 g/mol. The molecule has 1 aliphatic heterocycles. The normalized spacial score (nSPS) is 13.8. The Morgan fingerprint density at radius 3 is 2.73 bits per heavy atom. The van der Waals surface area contributed by atoms with Crippen LogP contribution < -0.4 is 0 Å². The van der Waals surface area contributed by atoms with Crippen molar-refractivity contribution in [1.82, 2.24) is 14.7 Å². The second-order valence-corrected chi connectivity index (χ2v) is 6.01. The van der Waals surface area contributed by atoms with Gasteiger partial charge in [0.05, 0.1) is 17.8 Å². The largest absolute Gasteiger partial charge is 0.476 e. The van der Waals surface area contributed by atoms with Gasteiger partial charge in [-0.2, -0.15) is 5.10 Å². The maximum Gasteiger partial charge on any atom is 0.356 e. The highest BCUT2D eigenvalue weighted by Gasteiger charge is 2.29. The number of fused-ring (bicyclic) bond motifs is 1. The predicted octanol–water partition coefficient (Wildman–Crippen LogP) is 2.08. The number of amides is 1. The first kappa shape index (κ1) is 14.8. The van der Waals surface area contributed by atoms with Gasteiger partial charge in [-0.1, -0.05) is 12.1 Å². The minimum Gasteiger partial charge on any atom is -0.476 e. The van der Waals surface area contributed by atoms with Gasteiger partial charge in [0.25, 0.3) is 5.91 Å². The molecule has 22 heavy (non-hydrogen) atoms. The van der Waals surface area contributed by atoms with Gasteiger partial charge in [-0.05, 0) is 34.5 Å². The van der Waals surface area contributed by atoms with Gasteiger partial charge in [-0.3, -0.25) is 9.48 Å². The molecule has 0 fully saturated rings. The van der Waals surface area contributed by atoms with Crippen molar-refractivity contribution < 1.29 is 14.7 Å². The number of aryl methyl sites for hydroxylation is 1. The Morgan fingerprint density at radius 1 is 1.32 bits per heavy atom. The highest BCUT2D eigenvalue weighted by Crippen LogP contribution is 2.25. The molecule has 2 aromatic rings. The van der Waals surface area contributed by atoms with Crippen LogP contribution in [0.5, 0.6) is 0 Å². The number of hydrogen-bond acceptors (Lipinski definition) is 3. The quantitative estimate of drug-likeness (QED) is 0.886. The van der Waals surface area contributed by atoms with Gasteiger partial charge in [-0.15, -0.1) is 0 Å². The van der Waals surface area contributed by atoms with Gasteiger partial charge in [0.15, 0.2) is 5.69 Å². The average Bonchev–Trinajstić information content (AvgIpc) is 2.84. The Balaban J connectivity index is 1.91. The molecule has 0 aliphatic carbocycles. The van der Waals surface area contributed by atoms with Crippen LogP contribution in [0.25, 0.3) is 0 Å². The zero-order valence-electron chi connectivity index (χ0n) is 11.9. The van der Waals surface area contributed by atoms with Gasteiger partial charge < -0.3 is 10.0 Å². The fourth-order valence-corrected chi connectivity index (χ4v) is 3.17. The summed E-state index contributed by atoms with van der Waals surface area (Å²) >= 11 is 3.39. The molecule has 0 saturated carbocycles. The third kappa shape index (κ3) is 2.41. The minimum absolute atomic E-state index is 0.0730. The molecule has 7 heteroatoms. The van der Waals surface area contributed by atoms with Crippen molar-refractivity contribution in [1.29, 1.82) is 0 Å². The summed E-state index contributed by atoms with van der Waals surface area (Å²) in [6.45, 7) is 0.853.